The van der Waals surface area contributed by atoms with Gasteiger partial charge in [-0.2, -0.15) is 0 Å². The molecule has 4 fully saturated rings. The zero-order chi connectivity index (χ0) is 15.3. The predicted molar refractivity (Wildman–Crippen MR) is 84.6 cm³/mol. The molecule has 0 amide bonds. The molecule has 4 aliphatic carbocycles. The first-order chi connectivity index (χ1) is 10.5. The molecule has 0 spiro atoms. The summed E-state index contributed by atoms with van der Waals surface area (Å²) in [5.74, 6) is 1.91. The van der Waals surface area contributed by atoms with E-state index in [2.05, 4.69) is 0 Å². The first kappa shape index (κ1) is 13.9. The molecular weight excluding hydrogens is 276 g/mol. The van der Waals surface area contributed by atoms with Crippen molar-refractivity contribution in [3.05, 3.63) is 35.4 Å². The van der Waals surface area contributed by atoms with Gasteiger partial charge in [-0.25, -0.2) is 4.79 Å². The lowest BCUT2D eigenvalue weighted by atomic mass is 9.48. The lowest BCUT2D eigenvalue weighted by Gasteiger charge is -2.57. The standard InChI is InChI=1S/C19H22O3/c20-17-3-1-12(2-4-18(21)22)8-16(17)19-9-13-5-14(10-19)7-15(6-13)11-19/h1-4,8,13-15,20H,5-7,9-11H2,(H,21,22). The minimum atomic E-state index is -0.940. The van der Waals surface area contributed by atoms with E-state index in [-0.39, 0.29) is 5.41 Å². The van der Waals surface area contributed by atoms with Gasteiger partial charge >= 0.3 is 5.97 Å². The molecule has 3 nitrogen and oxygen atoms in total. The Morgan fingerprint density at radius 1 is 1.09 bits per heavy atom. The maximum Gasteiger partial charge on any atom is 0.328 e. The first-order valence-electron chi connectivity index (χ1n) is 8.28. The number of carboxylic acid groups (broad SMARTS) is 1. The summed E-state index contributed by atoms with van der Waals surface area (Å²) in [4.78, 5) is 10.7. The average molecular weight is 298 g/mol. The number of hydrogen-bond donors (Lipinski definition) is 2. The van der Waals surface area contributed by atoms with E-state index in [1.165, 1.54) is 38.5 Å². The highest BCUT2D eigenvalue weighted by molar-refractivity contribution is 5.85. The van der Waals surface area contributed by atoms with Crippen molar-refractivity contribution in [2.24, 2.45) is 17.8 Å². The van der Waals surface area contributed by atoms with E-state index in [1.807, 2.05) is 6.07 Å². The number of benzene rings is 1. The molecule has 4 bridgehead atoms. The van der Waals surface area contributed by atoms with Gasteiger partial charge in [0.1, 0.15) is 5.75 Å². The Labute approximate surface area is 130 Å². The van der Waals surface area contributed by atoms with Gasteiger partial charge in [-0.3, -0.25) is 0 Å². The average Bonchev–Trinajstić information content (AvgIpc) is 2.44. The van der Waals surface area contributed by atoms with Crippen LogP contribution in [-0.2, 0) is 10.2 Å². The number of rotatable bonds is 3. The van der Waals surface area contributed by atoms with Gasteiger partial charge in [-0.15, -0.1) is 0 Å². The topological polar surface area (TPSA) is 57.5 Å². The summed E-state index contributed by atoms with van der Waals surface area (Å²) in [5, 5.41) is 19.2. The van der Waals surface area contributed by atoms with Crippen molar-refractivity contribution in [2.75, 3.05) is 0 Å². The summed E-state index contributed by atoms with van der Waals surface area (Å²) in [5.41, 5.74) is 2.05. The zero-order valence-electron chi connectivity index (χ0n) is 12.7. The van der Waals surface area contributed by atoms with Gasteiger partial charge in [0.2, 0.25) is 0 Å². The lowest BCUT2D eigenvalue weighted by Crippen LogP contribution is -2.48. The molecule has 0 aromatic heterocycles. The van der Waals surface area contributed by atoms with E-state index in [0.717, 1.165) is 35.0 Å². The highest BCUT2D eigenvalue weighted by Crippen LogP contribution is 2.61. The van der Waals surface area contributed by atoms with Crippen LogP contribution in [0.4, 0.5) is 0 Å². The molecule has 0 unspecified atom stereocenters. The monoisotopic (exact) mass is 298 g/mol. The van der Waals surface area contributed by atoms with E-state index in [4.69, 9.17) is 5.11 Å². The van der Waals surface area contributed by atoms with Gasteiger partial charge in [0.25, 0.3) is 0 Å². The van der Waals surface area contributed by atoms with Gasteiger partial charge in [0.05, 0.1) is 0 Å². The SMILES string of the molecule is O=C(O)C=Cc1ccc(O)c(C23CC4CC(CC(C4)C2)C3)c1. The summed E-state index contributed by atoms with van der Waals surface area (Å²) in [6, 6.07) is 5.54. The van der Waals surface area contributed by atoms with E-state index in [1.54, 1.807) is 18.2 Å². The smallest absolute Gasteiger partial charge is 0.328 e. The van der Waals surface area contributed by atoms with Crippen LogP contribution < -0.4 is 0 Å². The van der Waals surface area contributed by atoms with E-state index in [9.17, 15) is 9.90 Å². The van der Waals surface area contributed by atoms with Crippen LogP contribution in [-0.4, -0.2) is 16.2 Å². The molecule has 0 heterocycles. The van der Waals surface area contributed by atoms with Crippen molar-refractivity contribution < 1.29 is 15.0 Å². The minimum Gasteiger partial charge on any atom is -0.508 e. The van der Waals surface area contributed by atoms with Gasteiger partial charge in [-0.1, -0.05) is 6.07 Å². The Balaban J connectivity index is 1.72. The van der Waals surface area contributed by atoms with Crippen LogP contribution in [0, 0.1) is 17.8 Å². The number of phenols is 1. The maximum absolute atomic E-state index is 10.7. The van der Waals surface area contributed by atoms with Crippen LogP contribution in [0.3, 0.4) is 0 Å². The molecule has 5 rings (SSSR count). The van der Waals surface area contributed by atoms with E-state index in [0.29, 0.717) is 5.75 Å². The van der Waals surface area contributed by atoms with Crippen LogP contribution in [0.5, 0.6) is 5.75 Å². The van der Waals surface area contributed by atoms with Crippen molar-refractivity contribution in [3.63, 3.8) is 0 Å². The third kappa shape index (κ3) is 2.23. The fourth-order valence-corrected chi connectivity index (χ4v) is 5.69. The highest BCUT2D eigenvalue weighted by atomic mass is 16.4. The van der Waals surface area contributed by atoms with Gasteiger partial charge < -0.3 is 10.2 Å². The largest absolute Gasteiger partial charge is 0.508 e. The molecule has 3 heteroatoms. The van der Waals surface area contributed by atoms with Crippen molar-refractivity contribution in [3.8, 4) is 5.75 Å². The second-order valence-electron chi connectivity index (χ2n) is 7.65. The summed E-state index contributed by atoms with van der Waals surface area (Å²) < 4.78 is 0. The van der Waals surface area contributed by atoms with Gasteiger partial charge in [0, 0.05) is 11.6 Å². The normalized spacial score (nSPS) is 36.1. The molecule has 0 saturated heterocycles. The molecule has 0 atom stereocenters. The zero-order valence-corrected chi connectivity index (χ0v) is 12.7. The second-order valence-corrected chi connectivity index (χ2v) is 7.65. The number of carboxylic acids is 1. The molecule has 4 saturated carbocycles. The third-order valence-electron chi connectivity index (χ3n) is 6.05. The van der Waals surface area contributed by atoms with Crippen LogP contribution in [0.2, 0.25) is 0 Å². The molecule has 1 aromatic rings. The second kappa shape index (κ2) is 4.87. The molecule has 2 N–H and O–H groups in total. The van der Waals surface area contributed by atoms with E-state index < -0.39 is 5.97 Å². The fraction of sp³-hybridized carbons (Fsp3) is 0.526. The number of carbonyl (C=O) groups is 1. The van der Waals surface area contributed by atoms with Gasteiger partial charge in [0.15, 0.2) is 0 Å². The Hall–Kier alpha value is -1.77. The summed E-state index contributed by atoms with van der Waals surface area (Å²) in [7, 11) is 0. The van der Waals surface area contributed by atoms with Crippen molar-refractivity contribution in [2.45, 2.75) is 43.9 Å². The van der Waals surface area contributed by atoms with Crippen LogP contribution in [0.25, 0.3) is 6.08 Å². The molecule has 116 valence electrons. The molecule has 0 radical (unpaired) electrons. The Kier molecular flexibility index (Phi) is 3.07. The summed E-state index contributed by atoms with van der Waals surface area (Å²) >= 11 is 0. The van der Waals surface area contributed by atoms with E-state index >= 15 is 0 Å². The maximum atomic E-state index is 10.7. The summed E-state index contributed by atoms with van der Waals surface area (Å²) in [6.07, 6.45) is 10.5. The molecule has 0 aliphatic heterocycles. The Morgan fingerprint density at radius 3 is 2.23 bits per heavy atom. The third-order valence-corrected chi connectivity index (χ3v) is 6.05. The molecule has 22 heavy (non-hydrogen) atoms. The first-order valence-corrected chi connectivity index (χ1v) is 8.28. The Bertz CT molecular complexity index is 609. The summed E-state index contributed by atoms with van der Waals surface area (Å²) in [6.45, 7) is 0. The van der Waals surface area contributed by atoms with Crippen molar-refractivity contribution in [1.82, 2.24) is 0 Å². The molecular formula is C19H22O3. The Morgan fingerprint density at radius 2 is 1.68 bits per heavy atom. The number of aromatic hydroxyl groups is 1. The highest BCUT2D eigenvalue weighted by Gasteiger charge is 2.52. The van der Waals surface area contributed by atoms with Crippen molar-refractivity contribution >= 4 is 12.0 Å². The molecule has 1 aromatic carbocycles. The van der Waals surface area contributed by atoms with Gasteiger partial charge in [-0.05, 0) is 85.5 Å². The fourth-order valence-electron chi connectivity index (χ4n) is 5.69. The predicted octanol–water partition coefficient (Wildman–Crippen LogP) is 3.96. The molecule has 4 aliphatic rings. The van der Waals surface area contributed by atoms with Crippen LogP contribution in [0.1, 0.15) is 49.7 Å². The number of aliphatic carboxylic acids is 1. The quantitative estimate of drug-likeness (QED) is 0.830. The lowest BCUT2D eigenvalue weighted by molar-refractivity contribution is -0.131. The number of phenolic OH excluding ortho intramolecular Hbond substituents is 1. The minimum absolute atomic E-state index is 0.131. The number of hydrogen-bond acceptors (Lipinski definition) is 2. The van der Waals surface area contributed by atoms with Crippen molar-refractivity contribution in [1.29, 1.82) is 0 Å². The van der Waals surface area contributed by atoms with Crippen LogP contribution in [0.15, 0.2) is 24.3 Å². The van der Waals surface area contributed by atoms with Crippen LogP contribution >= 0.6 is 0 Å².